The van der Waals surface area contributed by atoms with Gasteiger partial charge in [-0.25, -0.2) is 9.37 Å². The monoisotopic (exact) mass is 287 g/mol. The van der Waals surface area contributed by atoms with Crippen LogP contribution in [-0.4, -0.2) is 10.1 Å². The molecule has 3 aromatic rings. The van der Waals surface area contributed by atoms with Crippen molar-refractivity contribution in [2.75, 3.05) is 0 Å². The number of fused-ring (bicyclic) bond motifs is 1. The largest absolute Gasteiger partial charge is 0.506 e. The third-order valence-electron chi connectivity index (χ3n) is 3.13. The van der Waals surface area contributed by atoms with E-state index in [1.807, 2.05) is 18.2 Å². The first-order valence-corrected chi connectivity index (χ1v) is 6.53. The summed E-state index contributed by atoms with van der Waals surface area (Å²) in [6.45, 7) is 0. The Morgan fingerprint density at radius 2 is 1.95 bits per heavy atom. The number of pyridine rings is 1. The van der Waals surface area contributed by atoms with Crippen LogP contribution in [0, 0.1) is 5.82 Å². The number of halogens is 2. The smallest absolute Gasteiger partial charge is 0.142 e. The Labute approximate surface area is 120 Å². The molecule has 4 heteroatoms. The van der Waals surface area contributed by atoms with E-state index < -0.39 is 5.82 Å². The quantitative estimate of drug-likeness (QED) is 0.761. The molecule has 3 rings (SSSR count). The Balaban J connectivity index is 1.98. The average Bonchev–Trinajstić information content (AvgIpc) is 2.44. The fourth-order valence-electron chi connectivity index (χ4n) is 2.13. The molecule has 20 heavy (non-hydrogen) atoms. The van der Waals surface area contributed by atoms with Crippen LogP contribution in [0.15, 0.2) is 48.5 Å². The summed E-state index contributed by atoms with van der Waals surface area (Å²) >= 11 is 5.66. The van der Waals surface area contributed by atoms with Crippen molar-refractivity contribution in [2.24, 2.45) is 0 Å². The van der Waals surface area contributed by atoms with Crippen molar-refractivity contribution >= 4 is 22.5 Å². The van der Waals surface area contributed by atoms with Gasteiger partial charge in [0.05, 0.1) is 5.02 Å². The van der Waals surface area contributed by atoms with E-state index in [-0.39, 0.29) is 10.8 Å². The van der Waals surface area contributed by atoms with E-state index in [0.717, 1.165) is 16.6 Å². The van der Waals surface area contributed by atoms with E-state index in [0.29, 0.717) is 11.9 Å². The summed E-state index contributed by atoms with van der Waals surface area (Å²) in [6, 6.07) is 13.7. The number of hydrogen-bond acceptors (Lipinski definition) is 2. The van der Waals surface area contributed by atoms with Crippen molar-refractivity contribution in [2.45, 2.75) is 6.42 Å². The maximum Gasteiger partial charge on any atom is 0.142 e. The molecular weight excluding hydrogens is 277 g/mol. The number of phenols is 1. The first-order valence-electron chi connectivity index (χ1n) is 6.15. The molecule has 1 heterocycles. The molecule has 0 radical (unpaired) electrons. The molecule has 0 unspecified atom stereocenters. The van der Waals surface area contributed by atoms with E-state index >= 15 is 0 Å². The third kappa shape index (κ3) is 2.45. The van der Waals surface area contributed by atoms with Crippen LogP contribution in [0.25, 0.3) is 10.9 Å². The summed E-state index contributed by atoms with van der Waals surface area (Å²) in [7, 11) is 0. The van der Waals surface area contributed by atoms with Gasteiger partial charge in [0, 0.05) is 17.5 Å². The average molecular weight is 288 g/mol. The molecule has 2 aromatic carbocycles. The molecule has 0 bridgehead atoms. The zero-order valence-electron chi connectivity index (χ0n) is 10.5. The van der Waals surface area contributed by atoms with Gasteiger partial charge >= 0.3 is 0 Å². The van der Waals surface area contributed by atoms with Crippen molar-refractivity contribution < 1.29 is 9.50 Å². The van der Waals surface area contributed by atoms with Gasteiger partial charge in [-0.05, 0) is 29.8 Å². The van der Waals surface area contributed by atoms with Crippen LogP contribution in [0.5, 0.6) is 5.75 Å². The molecule has 0 aliphatic heterocycles. The van der Waals surface area contributed by atoms with E-state index in [4.69, 9.17) is 11.6 Å². The number of para-hydroxylation sites is 1. The Morgan fingerprint density at radius 3 is 2.75 bits per heavy atom. The van der Waals surface area contributed by atoms with Crippen LogP contribution in [0.4, 0.5) is 4.39 Å². The number of nitrogens with zero attached hydrogens (tertiary/aromatic N) is 1. The van der Waals surface area contributed by atoms with Crippen LogP contribution in [-0.2, 0) is 6.42 Å². The Kier molecular flexibility index (Phi) is 3.28. The summed E-state index contributed by atoms with van der Waals surface area (Å²) in [5, 5.41) is 10.8. The highest BCUT2D eigenvalue weighted by atomic mass is 35.5. The maximum absolute atomic E-state index is 13.4. The molecule has 0 spiro atoms. The van der Waals surface area contributed by atoms with Crippen molar-refractivity contribution in [3.8, 4) is 5.75 Å². The van der Waals surface area contributed by atoms with E-state index in [1.165, 1.54) is 12.1 Å². The number of phenolic OH excluding ortho intramolecular Hbond substituents is 1. The number of aromatic nitrogens is 1. The minimum atomic E-state index is -0.437. The normalized spacial score (nSPS) is 10.9. The van der Waals surface area contributed by atoms with E-state index in [2.05, 4.69) is 4.98 Å². The molecule has 0 fully saturated rings. The molecule has 100 valence electrons. The second-order valence-electron chi connectivity index (χ2n) is 4.58. The standard InChI is InChI=1S/C16H11ClFNO/c17-13-7-4-10(9-14(13)18)8-12-6-5-11-2-1-3-15(20)16(11)19-12/h1-7,9,20H,8H2. The van der Waals surface area contributed by atoms with Gasteiger partial charge in [-0.15, -0.1) is 0 Å². The van der Waals surface area contributed by atoms with Crippen molar-refractivity contribution in [3.05, 3.63) is 70.6 Å². The van der Waals surface area contributed by atoms with Crippen LogP contribution >= 0.6 is 11.6 Å². The molecular formula is C16H11ClFNO. The van der Waals surface area contributed by atoms with Crippen molar-refractivity contribution in [3.63, 3.8) is 0 Å². The molecule has 0 aliphatic rings. The van der Waals surface area contributed by atoms with Gasteiger partial charge in [0.2, 0.25) is 0 Å². The van der Waals surface area contributed by atoms with Gasteiger partial charge < -0.3 is 5.11 Å². The molecule has 1 aromatic heterocycles. The first kappa shape index (κ1) is 12.9. The van der Waals surface area contributed by atoms with Gasteiger partial charge in [0.25, 0.3) is 0 Å². The summed E-state index contributed by atoms with van der Waals surface area (Å²) in [4.78, 5) is 4.42. The highest BCUT2D eigenvalue weighted by molar-refractivity contribution is 6.30. The second-order valence-corrected chi connectivity index (χ2v) is 4.98. The van der Waals surface area contributed by atoms with Crippen molar-refractivity contribution in [1.82, 2.24) is 4.98 Å². The predicted octanol–water partition coefficient (Wildman–Crippen LogP) is 4.32. The molecule has 0 atom stereocenters. The lowest BCUT2D eigenvalue weighted by Crippen LogP contribution is -1.94. The molecule has 1 N–H and O–H groups in total. The molecule has 0 saturated heterocycles. The van der Waals surface area contributed by atoms with E-state index in [1.54, 1.807) is 18.2 Å². The number of rotatable bonds is 2. The second kappa shape index (κ2) is 5.10. The van der Waals surface area contributed by atoms with Crippen LogP contribution < -0.4 is 0 Å². The molecule has 2 nitrogen and oxygen atoms in total. The Hall–Kier alpha value is -2.13. The minimum Gasteiger partial charge on any atom is -0.506 e. The SMILES string of the molecule is Oc1cccc2ccc(Cc3ccc(Cl)c(F)c3)nc12. The highest BCUT2D eigenvalue weighted by Gasteiger charge is 2.06. The summed E-state index contributed by atoms with van der Waals surface area (Å²) in [6.07, 6.45) is 0.484. The van der Waals surface area contributed by atoms with Crippen molar-refractivity contribution in [1.29, 1.82) is 0 Å². The Morgan fingerprint density at radius 1 is 1.10 bits per heavy atom. The van der Waals surface area contributed by atoms with Gasteiger partial charge in [-0.3, -0.25) is 0 Å². The zero-order valence-corrected chi connectivity index (χ0v) is 11.2. The van der Waals surface area contributed by atoms with E-state index in [9.17, 15) is 9.50 Å². The van der Waals surface area contributed by atoms with Gasteiger partial charge in [0.1, 0.15) is 17.1 Å². The van der Waals surface area contributed by atoms with Crippen LogP contribution in [0.1, 0.15) is 11.3 Å². The summed E-state index contributed by atoms with van der Waals surface area (Å²) < 4.78 is 13.4. The van der Waals surface area contributed by atoms with Gasteiger partial charge in [-0.2, -0.15) is 0 Å². The highest BCUT2D eigenvalue weighted by Crippen LogP contribution is 2.23. The summed E-state index contributed by atoms with van der Waals surface area (Å²) in [5.74, 6) is -0.292. The maximum atomic E-state index is 13.4. The summed E-state index contributed by atoms with van der Waals surface area (Å²) in [5.41, 5.74) is 2.11. The van der Waals surface area contributed by atoms with Crippen LogP contribution in [0.3, 0.4) is 0 Å². The number of aromatic hydroxyl groups is 1. The number of benzene rings is 2. The van der Waals surface area contributed by atoms with Gasteiger partial charge in [0.15, 0.2) is 0 Å². The topological polar surface area (TPSA) is 33.1 Å². The molecule has 0 aliphatic carbocycles. The third-order valence-corrected chi connectivity index (χ3v) is 3.43. The lowest BCUT2D eigenvalue weighted by molar-refractivity contribution is 0.480. The fraction of sp³-hybridized carbons (Fsp3) is 0.0625. The molecule has 0 saturated carbocycles. The van der Waals surface area contributed by atoms with Gasteiger partial charge in [-0.1, -0.05) is 35.9 Å². The predicted molar refractivity (Wildman–Crippen MR) is 77.6 cm³/mol. The van der Waals surface area contributed by atoms with Crippen LogP contribution in [0.2, 0.25) is 5.02 Å². The zero-order chi connectivity index (χ0) is 14.1. The fourth-order valence-corrected chi connectivity index (χ4v) is 2.25. The lowest BCUT2D eigenvalue weighted by atomic mass is 10.1. The number of hydrogen-bond donors (Lipinski definition) is 1. The Bertz CT molecular complexity index is 789. The first-order chi connectivity index (χ1) is 9.63. The lowest BCUT2D eigenvalue weighted by Gasteiger charge is -2.05. The minimum absolute atomic E-state index is 0.109. The molecule has 0 amide bonds.